The van der Waals surface area contributed by atoms with Gasteiger partial charge in [0.05, 0.1) is 12.2 Å². The Bertz CT molecular complexity index is 479. The van der Waals surface area contributed by atoms with Crippen molar-refractivity contribution in [3.05, 3.63) is 17.5 Å². The number of amides is 2. The van der Waals surface area contributed by atoms with Gasteiger partial charge in [0.1, 0.15) is 0 Å². The minimum atomic E-state index is 0.189. The molecule has 3 heterocycles. The van der Waals surface area contributed by atoms with Gasteiger partial charge >= 0.3 is 6.03 Å². The number of piperidine rings is 1. The lowest BCUT2D eigenvalue weighted by molar-refractivity contribution is 0.121. The number of nitrogens with zero attached hydrogens (tertiary/aromatic N) is 4. The fourth-order valence-electron chi connectivity index (χ4n) is 3.11. The molecule has 0 bridgehead atoms. The van der Waals surface area contributed by atoms with E-state index in [4.69, 9.17) is 4.52 Å². The minimum Gasteiger partial charge on any atom is -0.360 e. The molecule has 6 heteroatoms. The molecule has 2 amide bonds. The molecule has 2 aliphatic rings. The van der Waals surface area contributed by atoms with Gasteiger partial charge < -0.3 is 14.3 Å². The number of urea groups is 1. The summed E-state index contributed by atoms with van der Waals surface area (Å²) in [5.74, 6) is 0.929. The first kappa shape index (κ1) is 13.4. The lowest BCUT2D eigenvalue weighted by Gasteiger charge is -2.35. The molecule has 2 fully saturated rings. The summed E-state index contributed by atoms with van der Waals surface area (Å²) in [6.07, 6.45) is 2.10. The van der Waals surface area contributed by atoms with Gasteiger partial charge in [0.2, 0.25) is 0 Å². The van der Waals surface area contributed by atoms with Gasteiger partial charge in [0.15, 0.2) is 5.76 Å². The Hall–Kier alpha value is -1.56. The summed E-state index contributed by atoms with van der Waals surface area (Å²) in [6, 6.07) is 2.58. The molecule has 0 N–H and O–H groups in total. The van der Waals surface area contributed by atoms with Gasteiger partial charge in [-0.3, -0.25) is 4.90 Å². The van der Waals surface area contributed by atoms with E-state index < -0.39 is 0 Å². The molecule has 0 radical (unpaired) electrons. The summed E-state index contributed by atoms with van der Waals surface area (Å²) in [5, 5.41) is 3.92. The van der Waals surface area contributed by atoms with Gasteiger partial charge in [-0.15, -0.1) is 0 Å². The maximum Gasteiger partial charge on any atom is 0.320 e. The van der Waals surface area contributed by atoms with E-state index in [1.54, 1.807) is 0 Å². The number of carbonyl (C=O) groups excluding carboxylic acids is 1. The van der Waals surface area contributed by atoms with Gasteiger partial charge in [0.25, 0.3) is 0 Å². The topological polar surface area (TPSA) is 52.8 Å². The number of likely N-dealkylation sites (N-methyl/N-ethyl adjacent to an activating group) is 1. The Morgan fingerprint density at radius 2 is 2.05 bits per heavy atom. The summed E-state index contributed by atoms with van der Waals surface area (Å²) in [7, 11) is 1.88. The Morgan fingerprint density at radius 3 is 2.60 bits per heavy atom. The van der Waals surface area contributed by atoms with Crippen LogP contribution in [-0.4, -0.2) is 65.2 Å². The summed E-state index contributed by atoms with van der Waals surface area (Å²) in [4.78, 5) is 18.2. The number of carbonyl (C=O) groups is 1. The van der Waals surface area contributed by atoms with Crippen molar-refractivity contribution in [2.24, 2.45) is 0 Å². The van der Waals surface area contributed by atoms with Crippen LogP contribution in [0.5, 0.6) is 0 Å². The lowest BCUT2D eigenvalue weighted by atomic mass is 10.0. The molecular formula is C14H22N4O2. The van der Waals surface area contributed by atoms with Crippen LogP contribution >= 0.6 is 0 Å². The second-order valence-electron chi connectivity index (χ2n) is 5.84. The molecule has 0 saturated carbocycles. The highest BCUT2D eigenvalue weighted by Gasteiger charge is 2.33. The predicted octanol–water partition coefficient (Wildman–Crippen LogP) is 1.31. The number of aromatic nitrogens is 1. The highest BCUT2D eigenvalue weighted by atomic mass is 16.5. The van der Waals surface area contributed by atoms with Crippen molar-refractivity contribution >= 4 is 6.03 Å². The summed E-state index contributed by atoms with van der Waals surface area (Å²) < 4.78 is 5.26. The number of aryl methyl sites for hydroxylation is 1. The van der Waals surface area contributed by atoms with Crippen LogP contribution in [0.2, 0.25) is 0 Å². The number of hydrogen-bond acceptors (Lipinski definition) is 4. The van der Waals surface area contributed by atoms with E-state index in [1.807, 2.05) is 29.8 Å². The molecule has 0 spiro atoms. The van der Waals surface area contributed by atoms with E-state index in [9.17, 15) is 4.79 Å². The molecule has 2 saturated heterocycles. The SMILES string of the molecule is Cc1cc(CN2CCC(N3CCN(C)C3=O)CC2)on1. The van der Waals surface area contributed by atoms with Gasteiger partial charge in [-0.2, -0.15) is 0 Å². The lowest BCUT2D eigenvalue weighted by Crippen LogP contribution is -2.46. The van der Waals surface area contributed by atoms with Crippen LogP contribution in [0.4, 0.5) is 4.79 Å². The Morgan fingerprint density at radius 1 is 1.30 bits per heavy atom. The molecule has 1 aromatic rings. The normalized spacial score (nSPS) is 22.0. The van der Waals surface area contributed by atoms with E-state index in [0.29, 0.717) is 6.04 Å². The van der Waals surface area contributed by atoms with Crippen LogP contribution in [0.3, 0.4) is 0 Å². The molecule has 1 aromatic heterocycles. The molecule has 0 unspecified atom stereocenters. The average molecular weight is 278 g/mol. The summed E-state index contributed by atoms with van der Waals surface area (Å²) in [6.45, 7) is 6.52. The second-order valence-corrected chi connectivity index (χ2v) is 5.84. The quantitative estimate of drug-likeness (QED) is 0.836. The molecule has 110 valence electrons. The van der Waals surface area contributed by atoms with Crippen molar-refractivity contribution in [1.29, 1.82) is 0 Å². The Kier molecular flexibility index (Phi) is 3.65. The molecule has 0 aromatic carbocycles. The van der Waals surface area contributed by atoms with Crippen molar-refractivity contribution < 1.29 is 9.32 Å². The molecule has 0 aliphatic carbocycles. The second kappa shape index (κ2) is 5.44. The Balaban J connectivity index is 1.51. The first-order valence-corrected chi connectivity index (χ1v) is 7.30. The molecule has 3 rings (SSSR count). The molecule has 20 heavy (non-hydrogen) atoms. The fourth-order valence-corrected chi connectivity index (χ4v) is 3.11. The maximum absolute atomic E-state index is 12.0. The van der Waals surface area contributed by atoms with Crippen molar-refractivity contribution in [3.63, 3.8) is 0 Å². The zero-order valence-electron chi connectivity index (χ0n) is 12.2. The molecule has 6 nitrogen and oxygen atoms in total. The minimum absolute atomic E-state index is 0.189. The third kappa shape index (κ3) is 2.65. The van der Waals surface area contributed by atoms with Gasteiger partial charge in [-0.1, -0.05) is 5.16 Å². The van der Waals surface area contributed by atoms with Crippen LogP contribution in [0.25, 0.3) is 0 Å². The van der Waals surface area contributed by atoms with Crippen LogP contribution in [0, 0.1) is 6.92 Å². The average Bonchev–Trinajstić information content (AvgIpc) is 2.99. The van der Waals surface area contributed by atoms with E-state index >= 15 is 0 Å². The van der Waals surface area contributed by atoms with Crippen LogP contribution in [0.15, 0.2) is 10.6 Å². The van der Waals surface area contributed by atoms with Crippen molar-refractivity contribution in [3.8, 4) is 0 Å². The van der Waals surface area contributed by atoms with E-state index in [0.717, 1.165) is 57.0 Å². The number of rotatable bonds is 3. The van der Waals surface area contributed by atoms with Crippen LogP contribution < -0.4 is 0 Å². The monoisotopic (exact) mass is 278 g/mol. The highest BCUT2D eigenvalue weighted by Crippen LogP contribution is 2.21. The summed E-state index contributed by atoms with van der Waals surface area (Å²) in [5.41, 5.74) is 0.931. The smallest absolute Gasteiger partial charge is 0.320 e. The van der Waals surface area contributed by atoms with Gasteiger partial charge in [-0.25, -0.2) is 4.79 Å². The van der Waals surface area contributed by atoms with Crippen molar-refractivity contribution in [2.75, 3.05) is 33.2 Å². The van der Waals surface area contributed by atoms with Crippen LogP contribution in [-0.2, 0) is 6.54 Å². The fraction of sp³-hybridized carbons (Fsp3) is 0.714. The summed E-state index contributed by atoms with van der Waals surface area (Å²) >= 11 is 0. The molecule has 2 aliphatic heterocycles. The van der Waals surface area contributed by atoms with E-state index in [-0.39, 0.29) is 6.03 Å². The predicted molar refractivity (Wildman–Crippen MR) is 74.3 cm³/mol. The third-order valence-electron chi connectivity index (χ3n) is 4.30. The first-order valence-electron chi connectivity index (χ1n) is 7.30. The Labute approximate surface area is 119 Å². The maximum atomic E-state index is 12.0. The first-order chi connectivity index (χ1) is 9.63. The van der Waals surface area contributed by atoms with Gasteiger partial charge in [0, 0.05) is 45.3 Å². The van der Waals surface area contributed by atoms with E-state index in [1.165, 1.54) is 0 Å². The largest absolute Gasteiger partial charge is 0.360 e. The third-order valence-corrected chi connectivity index (χ3v) is 4.30. The zero-order chi connectivity index (χ0) is 14.1. The number of likely N-dealkylation sites (tertiary alicyclic amines) is 1. The molecule has 0 atom stereocenters. The van der Waals surface area contributed by atoms with Crippen molar-refractivity contribution in [2.45, 2.75) is 32.4 Å². The number of hydrogen-bond donors (Lipinski definition) is 0. The van der Waals surface area contributed by atoms with Gasteiger partial charge in [-0.05, 0) is 19.8 Å². The zero-order valence-corrected chi connectivity index (χ0v) is 12.2. The van der Waals surface area contributed by atoms with Crippen LogP contribution in [0.1, 0.15) is 24.3 Å². The van der Waals surface area contributed by atoms with E-state index in [2.05, 4.69) is 10.1 Å². The van der Waals surface area contributed by atoms with Crippen molar-refractivity contribution in [1.82, 2.24) is 19.9 Å². The molecular weight excluding hydrogens is 256 g/mol. The highest BCUT2D eigenvalue weighted by molar-refractivity contribution is 5.76. The standard InChI is InChI=1S/C14H22N4O2/c1-11-9-13(20-15-11)10-17-5-3-12(4-6-17)18-8-7-16(2)14(18)19/h9,12H,3-8,10H2,1-2H3.